The van der Waals surface area contributed by atoms with E-state index in [-0.39, 0.29) is 42.4 Å². The number of amides is 3. The van der Waals surface area contributed by atoms with Gasteiger partial charge in [0.15, 0.2) is 0 Å². The molecule has 190 valence electrons. The highest BCUT2D eigenvalue weighted by Gasteiger charge is 2.48. The van der Waals surface area contributed by atoms with Gasteiger partial charge < -0.3 is 10.0 Å². The third-order valence-electron chi connectivity index (χ3n) is 7.44. The number of hydrogen-bond donors (Lipinski definition) is 2. The predicted octanol–water partition coefficient (Wildman–Crippen LogP) is 2.95. The van der Waals surface area contributed by atoms with E-state index in [4.69, 9.17) is 0 Å². The summed E-state index contributed by atoms with van der Waals surface area (Å²) in [4.78, 5) is 40.0. The minimum absolute atomic E-state index is 0.00709. The second-order valence-corrected chi connectivity index (χ2v) is 9.71. The van der Waals surface area contributed by atoms with Gasteiger partial charge in [0.25, 0.3) is 5.91 Å². The minimum atomic E-state index is -4.81. The molecule has 1 unspecified atom stereocenters. The number of nitrogens with one attached hydrogen (secondary N) is 1. The normalized spacial score (nSPS) is 22.5. The quantitative estimate of drug-likeness (QED) is 0.629. The predicted molar refractivity (Wildman–Crippen MR) is 122 cm³/mol. The highest BCUT2D eigenvalue weighted by atomic mass is 19.4. The maximum Gasteiger partial charge on any atom is 0.417 e. The summed E-state index contributed by atoms with van der Waals surface area (Å²) in [5, 5.41) is 13.6. The lowest BCUT2D eigenvalue weighted by atomic mass is 9.79. The van der Waals surface area contributed by atoms with E-state index in [2.05, 4.69) is 10.2 Å². The van der Waals surface area contributed by atoms with E-state index >= 15 is 0 Å². The first-order valence-electron chi connectivity index (χ1n) is 11.9. The maximum absolute atomic E-state index is 14.4. The van der Waals surface area contributed by atoms with Gasteiger partial charge in [0.05, 0.1) is 11.2 Å². The fourth-order valence-corrected chi connectivity index (χ4v) is 5.54. The van der Waals surface area contributed by atoms with Gasteiger partial charge in [0, 0.05) is 38.2 Å². The van der Waals surface area contributed by atoms with Gasteiger partial charge in [-0.05, 0) is 42.0 Å². The first-order chi connectivity index (χ1) is 17.1. The summed E-state index contributed by atoms with van der Waals surface area (Å²) in [6.07, 6.45) is -4.51. The third kappa shape index (κ3) is 4.39. The van der Waals surface area contributed by atoms with Gasteiger partial charge in [-0.15, -0.1) is 0 Å². The van der Waals surface area contributed by atoms with E-state index in [9.17, 15) is 32.7 Å². The van der Waals surface area contributed by atoms with Crippen LogP contribution >= 0.6 is 0 Å². The number of fused-ring (bicyclic) bond motifs is 1. The fraction of sp³-hybridized carbons (Fsp3) is 0.423. The zero-order valence-corrected chi connectivity index (χ0v) is 19.5. The van der Waals surface area contributed by atoms with Crippen molar-refractivity contribution in [2.24, 2.45) is 0 Å². The number of carbonyl (C=O) groups is 3. The maximum atomic E-state index is 14.4. The minimum Gasteiger partial charge on any atom is -0.385 e. The molecule has 0 aliphatic carbocycles. The number of nitrogens with zero attached hydrogens (tertiary/aromatic N) is 2. The van der Waals surface area contributed by atoms with Gasteiger partial charge >= 0.3 is 6.18 Å². The number of alkyl halides is 3. The molecular weight excluding hydrogens is 475 g/mol. The summed E-state index contributed by atoms with van der Waals surface area (Å²) in [6.45, 7) is 1.07. The summed E-state index contributed by atoms with van der Waals surface area (Å²) in [5.41, 5.74) is -2.19. The third-order valence-corrected chi connectivity index (χ3v) is 7.44. The Bertz CT molecular complexity index is 1210. The van der Waals surface area contributed by atoms with Crippen molar-refractivity contribution in [1.29, 1.82) is 0 Å². The van der Waals surface area contributed by atoms with Gasteiger partial charge in [-0.2, -0.15) is 13.2 Å². The number of benzene rings is 2. The Morgan fingerprint density at radius 3 is 2.36 bits per heavy atom. The van der Waals surface area contributed by atoms with Crippen LogP contribution in [0, 0.1) is 0 Å². The Morgan fingerprint density at radius 2 is 1.72 bits per heavy atom. The van der Waals surface area contributed by atoms with Crippen molar-refractivity contribution in [2.45, 2.75) is 56.6 Å². The number of aliphatic hydroxyl groups is 1. The molecule has 3 amide bonds. The smallest absolute Gasteiger partial charge is 0.385 e. The Labute approximate surface area is 205 Å². The monoisotopic (exact) mass is 501 g/mol. The van der Waals surface area contributed by atoms with Crippen molar-refractivity contribution in [2.75, 3.05) is 13.1 Å². The number of piperidine rings is 2. The Hall–Kier alpha value is -3.24. The zero-order valence-electron chi connectivity index (χ0n) is 19.5. The van der Waals surface area contributed by atoms with Crippen LogP contribution in [0.5, 0.6) is 0 Å². The molecule has 0 aromatic heterocycles. The molecular formula is C26H26F3N3O4. The summed E-state index contributed by atoms with van der Waals surface area (Å²) >= 11 is 0. The summed E-state index contributed by atoms with van der Waals surface area (Å²) < 4.78 is 43.3. The molecule has 7 nitrogen and oxygen atoms in total. The van der Waals surface area contributed by atoms with E-state index in [1.165, 1.54) is 12.1 Å². The molecule has 2 saturated heterocycles. The average molecular weight is 502 g/mol. The van der Waals surface area contributed by atoms with Crippen molar-refractivity contribution in [3.8, 4) is 0 Å². The van der Waals surface area contributed by atoms with E-state index < -0.39 is 47.6 Å². The van der Waals surface area contributed by atoms with Crippen LogP contribution in [-0.2, 0) is 34.5 Å². The summed E-state index contributed by atoms with van der Waals surface area (Å²) in [7, 11) is 0. The van der Waals surface area contributed by atoms with E-state index in [1.807, 2.05) is 30.3 Å². The molecule has 0 bridgehead atoms. The van der Waals surface area contributed by atoms with Gasteiger partial charge in [-0.1, -0.05) is 36.4 Å². The van der Waals surface area contributed by atoms with Gasteiger partial charge in [0.2, 0.25) is 11.8 Å². The molecule has 0 radical (unpaired) electrons. The van der Waals surface area contributed by atoms with Crippen LogP contribution in [-0.4, -0.2) is 51.8 Å². The summed E-state index contributed by atoms with van der Waals surface area (Å²) in [6, 6.07) is 11.2. The number of hydrogen-bond acceptors (Lipinski definition) is 5. The SMILES string of the molecule is O=C1CCC(N2Cc3c(ccc(C4(O)CCN(Cc5ccccc5)CC4)c3C(F)(F)F)C2=O)C(=O)N1. The van der Waals surface area contributed by atoms with Crippen LogP contribution in [0.1, 0.15) is 58.3 Å². The lowest BCUT2D eigenvalue weighted by Gasteiger charge is -2.40. The molecule has 2 aromatic carbocycles. The molecule has 2 N–H and O–H groups in total. The molecule has 10 heteroatoms. The van der Waals surface area contributed by atoms with E-state index in [0.29, 0.717) is 19.6 Å². The second kappa shape index (κ2) is 9.01. The van der Waals surface area contributed by atoms with E-state index in [1.54, 1.807) is 0 Å². The molecule has 1 atom stereocenters. The van der Waals surface area contributed by atoms with Crippen molar-refractivity contribution in [3.05, 3.63) is 70.3 Å². The average Bonchev–Trinajstić information content (AvgIpc) is 3.16. The topological polar surface area (TPSA) is 90.0 Å². The number of carbonyl (C=O) groups excluding carboxylic acids is 3. The Morgan fingerprint density at radius 1 is 1.03 bits per heavy atom. The van der Waals surface area contributed by atoms with Crippen LogP contribution in [0.3, 0.4) is 0 Å². The molecule has 3 aliphatic heterocycles. The van der Waals surface area contributed by atoms with Gasteiger partial charge in [-0.25, -0.2) is 0 Å². The van der Waals surface area contributed by atoms with Gasteiger partial charge in [-0.3, -0.25) is 24.6 Å². The highest BCUT2D eigenvalue weighted by Crippen LogP contribution is 2.46. The molecule has 5 rings (SSSR count). The lowest BCUT2D eigenvalue weighted by Crippen LogP contribution is -2.52. The van der Waals surface area contributed by atoms with Crippen LogP contribution in [0.15, 0.2) is 42.5 Å². The highest BCUT2D eigenvalue weighted by molar-refractivity contribution is 6.05. The van der Waals surface area contributed by atoms with Gasteiger partial charge in [0.1, 0.15) is 6.04 Å². The molecule has 0 spiro atoms. The number of likely N-dealkylation sites (tertiary alicyclic amines) is 1. The number of rotatable bonds is 4. The molecule has 0 saturated carbocycles. The standard InChI is InChI=1S/C26H26F3N3O4/c27-26(28,29)22-18-15-32(20-8-9-21(33)30-23(20)34)24(35)17(18)6-7-19(22)25(36)10-12-31(13-11-25)14-16-4-2-1-3-5-16/h1-7,20,36H,8-15H2,(H,30,33,34). The van der Waals surface area contributed by atoms with Crippen LogP contribution in [0.2, 0.25) is 0 Å². The molecule has 2 aromatic rings. The van der Waals surface area contributed by atoms with Crippen molar-refractivity contribution >= 4 is 17.7 Å². The van der Waals surface area contributed by atoms with E-state index in [0.717, 1.165) is 10.5 Å². The molecule has 3 heterocycles. The molecule has 3 aliphatic rings. The van der Waals surface area contributed by atoms with Crippen molar-refractivity contribution < 1.29 is 32.7 Å². The number of imide groups is 1. The largest absolute Gasteiger partial charge is 0.417 e. The Balaban J connectivity index is 1.42. The van der Waals surface area contributed by atoms with Crippen LogP contribution in [0.25, 0.3) is 0 Å². The number of halogens is 3. The van der Waals surface area contributed by atoms with Crippen LogP contribution in [0.4, 0.5) is 13.2 Å². The first kappa shape index (κ1) is 24.5. The summed E-state index contributed by atoms with van der Waals surface area (Å²) in [5.74, 6) is -1.84. The molecule has 36 heavy (non-hydrogen) atoms. The van der Waals surface area contributed by atoms with Crippen molar-refractivity contribution in [3.63, 3.8) is 0 Å². The van der Waals surface area contributed by atoms with Crippen molar-refractivity contribution in [1.82, 2.24) is 15.1 Å². The van der Waals surface area contributed by atoms with Crippen LogP contribution < -0.4 is 5.32 Å². The lowest BCUT2D eigenvalue weighted by molar-refractivity contribution is -0.142. The Kier molecular flexibility index (Phi) is 6.12. The first-order valence-corrected chi connectivity index (χ1v) is 11.9. The zero-order chi connectivity index (χ0) is 25.7. The fourth-order valence-electron chi connectivity index (χ4n) is 5.54. The second-order valence-electron chi connectivity index (χ2n) is 9.71. The molecule has 2 fully saturated rings.